The Morgan fingerprint density at radius 2 is 1.84 bits per heavy atom. The van der Waals surface area contributed by atoms with Crippen LogP contribution < -0.4 is 0 Å². The van der Waals surface area contributed by atoms with Gasteiger partial charge < -0.3 is 14.6 Å². The number of rotatable bonds is 3. The standard InChI is InChI=1S/C15H24O4/c16-14(17)11-2-4-12(5-3-11)19-13-6-9-18-15(10-13)7-1-8-15/h11-13H,1-10H2,(H,16,17). The summed E-state index contributed by atoms with van der Waals surface area (Å²) in [6, 6.07) is 0. The molecule has 1 N–H and O–H groups in total. The molecule has 1 unspecified atom stereocenters. The van der Waals surface area contributed by atoms with Gasteiger partial charge in [0.05, 0.1) is 23.7 Å². The number of carboxylic acids is 1. The first-order chi connectivity index (χ1) is 9.17. The van der Waals surface area contributed by atoms with Crippen LogP contribution in [0.5, 0.6) is 0 Å². The minimum Gasteiger partial charge on any atom is -0.481 e. The third-order valence-corrected chi connectivity index (χ3v) is 5.12. The van der Waals surface area contributed by atoms with E-state index in [-0.39, 0.29) is 17.6 Å². The smallest absolute Gasteiger partial charge is 0.306 e. The fourth-order valence-electron chi connectivity index (χ4n) is 3.74. The molecular formula is C15H24O4. The van der Waals surface area contributed by atoms with Crippen molar-refractivity contribution >= 4 is 5.97 Å². The molecular weight excluding hydrogens is 244 g/mol. The van der Waals surface area contributed by atoms with Gasteiger partial charge in [-0.3, -0.25) is 4.79 Å². The monoisotopic (exact) mass is 268 g/mol. The topological polar surface area (TPSA) is 55.8 Å². The van der Waals surface area contributed by atoms with Crippen LogP contribution in [0.25, 0.3) is 0 Å². The molecule has 4 heteroatoms. The molecule has 4 nitrogen and oxygen atoms in total. The van der Waals surface area contributed by atoms with Crippen molar-refractivity contribution in [3.63, 3.8) is 0 Å². The molecule has 1 saturated heterocycles. The third-order valence-electron chi connectivity index (χ3n) is 5.12. The Hall–Kier alpha value is -0.610. The quantitative estimate of drug-likeness (QED) is 0.855. The highest BCUT2D eigenvalue weighted by molar-refractivity contribution is 5.70. The number of aliphatic carboxylic acids is 1. The zero-order valence-corrected chi connectivity index (χ0v) is 11.5. The fourth-order valence-corrected chi connectivity index (χ4v) is 3.74. The lowest BCUT2D eigenvalue weighted by Gasteiger charge is -2.47. The second-order valence-electron chi connectivity index (χ2n) is 6.45. The van der Waals surface area contributed by atoms with Crippen LogP contribution >= 0.6 is 0 Å². The van der Waals surface area contributed by atoms with E-state index in [9.17, 15) is 4.79 Å². The van der Waals surface area contributed by atoms with E-state index >= 15 is 0 Å². The van der Waals surface area contributed by atoms with Crippen molar-refractivity contribution in [2.45, 2.75) is 75.6 Å². The minimum atomic E-state index is -0.641. The molecule has 3 fully saturated rings. The summed E-state index contributed by atoms with van der Waals surface area (Å²) in [6.45, 7) is 0.829. The summed E-state index contributed by atoms with van der Waals surface area (Å²) in [5.74, 6) is -0.787. The van der Waals surface area contributed by atoms with Gasteiger partial charge in [0.15, 0.2) is 0 Å². The van der Waals surface area contributed by atoms with Crippen molar-refractivity contribution in [2.75, 3.05) is 6.61 Å². The van der Waals surface area contributed by atoms with E-state index < -0.39 is 5.97 Å². The number of hydrogen-bond acceptors (Lipinski definition) is 3. The molecule has 2 saturated carbocycles. The van der Waals surface area contributed by atoms with Gasteiger partial charge >= 0.3 is 5.97 Å². The second kappa shape index (κ2) is 5.41. The second-order valence-corrected chi connectivity index (χ2v) is 6.45. The summed E-state index contributed by atoms with van der Waals surface area (Å²) in [7, 11) is 0. The van der Waals surface area contributed by atoms with E-state index in [0.717, 1.165) is 45.1 Å². The summed E-state index contributed by atoms with van der Waals surface area (Å²) in [4.78, 5) is 10.9. The van der Waals surface area contributed by atoms with Crippen LogP contribution in [0.2, 0.25) is 0 Å². The van der Waals surface area contributed by atoms with Crippen LogP contribution in [0.4, 0.5) is 0 Å². The maximum Gasteiger partial charge on any atom is 0.306 e. The SMILES string of the molecule is O=C(O)C1CCC(OC2CCOC3(CCC3)C2)CC1. The van der Waals surface area contributed by atoms with Crippen molar-refractivity contribution < 1.29 is 19.4 Å². The van der Waals surface area contributed by atoms with Gasteiger partial charge in [-0.15, -0.1) is 0 Å². The lowest BCUT2D eigenvalue weighted by atomic mass is 9.74. The molecule has 1 aliphatic heterocycles. The zero-order valence-electron chi connectivity index (χ0n) is 11.5. The average molecular weight is 268 g/mol. The summed E-state index contributed by atoms with van der Waals surface area (Å²) in [5.41, 5.74) is 0.140. The van der Waals surface area contributed by atoms with E-state index in [0.29, 0.717) is 6.10 Å². The highest BCUT2D eigenvalue weighted by Crippen LogP contribution is 2.43. The number of ether oxygens (including phenoxy) is 2. The third kappa shape index (κ3) is 2.95. The molecule has 0 aromatic heterocycles. The fraction of sp³-hybridized carbons (Fsp3) is 0.933. The van der Waals surface area contributed by atoms with Crippen LogP contribution in [0, 0.1) is 5.92 Å². The van der Waals surface area contributed by atoms with Gasteiger partial charge in [-0.1, -0.05) is 0 Å². The molecule has 1 heterocycles. The largest absolute Gasteiger partial charge is 0.481 e. The van der Waals surface area contributed by atoms with Crippen molar-refractivity contribution in [3.8, 4) is 0 Å². The van der Waals surface area contributed by atoms with E-state index in [4.69, 9.17) is 14.6 Å². The van der Waals surface area contributed by atoms with Crippen LogP contribution in [0.15, 0.2) is 0 Å². The molecule has 19 heavy (non-hydrogen) atoms. The van der Waals surface area contributed by atoms with Crippen molar-refractivity contribution in [2.24, 2.45) is 5.92 Å². The Morgan fingerprint density at radius 1 is 1.11 bits per heavy atom. The summed E-state index contributed by atoms with van der Waals surface area (Å²) >= 11 is 0. The Balaban J connectivity index is 1.45. The maximum absolute atomic E-state index is 10.9. The van der Waals surface area contributed by atoms with Gasteiger partial charge in [0, 0.05) is 13.0 Å². The average Bonchev–Trinajstić information content (AvgIpc) is 2.38. The molecule has 1 atom stereocenters. The molecule has 0 radical (unpaired) electrons. The Morgan fingerprint density at radius 3 is 2.42 bits per heavy atom. The molecule has 0 bridgehead atoms. The number of carbonyl (C=O) groups is 1. The normalized spacial score (nSPS) is 37.8. The van der Waals surface area contributed by atoms with Crippen LogP contribution in [0.3, 0.4) is 0 Å². The summed E-state index contributed by atoms with van der Waals surface area (Å²) in [5, 5.41) is 9.00. The van der Waals surface area contributed by atoms with Crippen LogP contribution in [-0.4, -0.2) is 35.5 Å². The first-order valence-corrected chi connectivity index (χ1v) is 7.69. The predicted octanol–water partition coefficient (Wildman–Crippen LogP) is 2.75. The Bertz CT molecular complexity index is 329. The molecule has 3 aliphatic rings. The molecule has 1 spiro atoms. The highest BCUT2D eigenvalue weighted by Gasteiger charge is 2.43. The van der Waals surface area contributed by atoms with Gasteiger partial charge in [-0.05, 0) is 51.4 Å². The molecule has 108 valence electrons. The van der Waals surface area contributed by atoms with Gasteiger partial charge in [-0.25, -0.2) is 0 Å². The minimum absolute atomic E-state index is 0.140. The number of hydrogen-bond donors (Lipinski definition) is 1. The molecule has 0 aromatic carbocycles. The van der Waals surface area contributed by atoms with E-state index in [1.165, 1.54) is 19.3 Å². The molecule has 3 rings (SSSR count). The summed E-state index contributed by atoms with van der Waals surface area (Å²) in [6.07, 6.45) is 9.68. The lowest BCUT2D eigenvalue weighted by molar-refractivity contribution is -0.182. The predicted molar refractivity (Wildman–Crippen MR) is 70.0 cm³/mol. The van der Waals surface area contributed by atoms with Gasteiger partial charge in [0.1, 0.15) is 0 Å². The highest BCUT2D eigenvalue weighted by atomic mass is 16.5. The maximum atomic E-state index is 10.9. The molecule has 2 aliphatic carbocycles. The van der Waals surface area contributed by atoms with Crippen molar-refractivity contribution in [1.29, 1.82) is 0 Å². The van der Waals surface area contributed by atoms with Crippen molar-refractivity contribution in [1.82, 2.24) is 0 Å². The van der Waals surface area contributed by atoms with Gasteiger partial charge in [0.2, 0.25) is 0 Å². The number of carboxylic acid groups (broad SMARTS) is 1. The van der Waals surface area contributed by atoms with Crippen LogP contribution in [-0.2, 0) is 14.3 Å². The molecule has 0 amide bonds. The summed E-state index contributed by atoms with van der Waals surface area (Å²) < 4.78 is 12.1. The van der Waals surface area contributed by atoms with Gasteiger partial charge in [-0.2, -0.15) is 0 Å². The first-order valence-electron chi connectivity index (χ1n) is 7.69. The van der Waals surface area contributed by atoms with Gasteiger partial charge in [0.25, 0.3) is 0 Å². The van der Waals surface area contributed by atoms with Crippen molar-refractivity contribution in [3.05, 3.63) is 0 Å². The van der Waals surface area contributed by atoms with E-state index in [1.54, 1.807) is 0 Å². The molecule has 0 aromatic rings. The first kappa shape index (κ1) is 13.4. The van der Waals surface area contributed by atoms with Crippen LogP contribution in [0.1, 0.15) is 57.8 Å². The lowest BCUT2D eigenvalue weighted by Crippen LogP contribution is -2.48. The Kier molecular flexibility index (Phi) is 3.81. The van der Waals surface area contributed by atoms with E-state index in [2.05, 4.69) is 0 Å². The Labute approximate surface area is 114 Å². The zero-order chi connectivity index (χ0) is 13.3. The van der Waals surface area contributed by atoms with E-state index in [1.807, 2.05) is 0 Å².